The molecule has 0 unspecified atom stereocenters. The molecule has 0 fully saturated rings. The van der Waals surface area contributed by atoms with Crippen LogP contribution in [0, 0.1) is 0 Å². The third kappa shape index (κ3) is 2.43. The summed E-state index contributed by atoms with van der Waals surface area (Å²) in [7, 11) is 3.30. The zero-order valence-electron chi connectivity index (χ0n) is 13.3. The van der Waals surface area contributed by atoms with E-state index in [1.807, 2.05) is 36.4 Å². The molecule has 0 saturated carbocycles. The quantitative estimate of drug-likeness (QED) is 0.542. The normalized spacial score (nSPS) is 11.8. The minimum Gasteiger partial charge on any atom is -0.493 e. The van der Waals surface area contributed by atoms with Gasteiger partial charge in [-0.05, 0) is 42.0 Å². The van der Waals surface area contributed by atoms with Crippen molar-refractivity contribution in [3.63, 3.8) is 0 Å². The van der Waals surface area contributed by atoms with Gasteiger partial charge in [-0.3, -0.25) is 5.10 Å². The van der Waals surface area contributed by atoms with Crippen molar-refractivity contribution in [1.82, 2.24) is 10.2 Å². The highest BCUT2D eigenvalue weighted by atomic mass is 79.9. The summed E-state index contributed by atoms with van der Waals surface area (Å²) in [6.45, 7) is 0. The molecule has 0 radical (unpaired) electrons. The lowest BCUT2D eigenvalue weighted by atomic mass is 10.1. The lowest BCUT2D eigenvalue weighted by Crippen LogP contribution is -1.95. The highest BCUT2D eigenvalue weighted by Crippen LogP contribution is 2.44. The Morgan fingerprint density at radius 3 is 2.50 bits per heavy atom. The van der Waals surface area contributed by atoms with E-state index in [9.17, 15) is 0 Å². The van der Waals surface area contributed by atoms with Crippen LogP contribution in [0.4, 0.5) is 11.5 Å². The van der Waals surface area contributed by atoms with Crippen LogP contribution in [0.3, 0.4) is 0 Å². The SMILES string of the molecule is COc1cc2c(cc1OC)-c1[nH]nc(Nc3ccc(Br)cc3)c1C2. The number of hydrogen-bond acceptors (Lipinski definition) is 4. The summed E-state index contributed by atoms with van der Waals surface area (Å²) >= 11 is 3.45. The molecule has 0 saturated heterocycles. The van der Waals surface area contributed by atoms with Crippen molar-refractivity contribution in [2.24, 2.45) is 0 Å². The van der Waals surface area contributed by atoms with Crippen molar-refractivity contribution in [3.05, 3.63) is 52.0 Å². The van der Waals surface area contributed by atoms with Gasteiger partial charge in [-0.25, -0.2) is 0 Å². The first-order valence-corrected chi connectivity index (χ1v) is 8.34. The van der Waals surface area contributed by atoms with E-state index in [-0.39, 0.29) is 0 Å². The summed E-state index contributed by atoms with van der Waals surface area (Å²) in [6.07, 6.45) is 0.806. The van der Waals surface area contributed by atoms with Gasteiger partial charge in [0, 0.05) is 27.7 Å². The fourth-order valence-corrected chi connectivity index (χ4v) is 3.29. The largest absolute Gasteiger partial charge is 0.493 e. The molecule has 2 aromatic carbocycles. The number of nitrogens with one attached hydrogen (secondary N) is 2. The molecule has 3 aromatic rings. The lowest BCUT2D eigenvalue weighted by molar-refractivity contribution is 0.355. The number of fused-ring (bicyclic) bond motifs is 3. The highest BCUT2D eigenvalue weighted by molar-refractivity contribution is 9.10. The van der Waals surface area contributed by atoms with E-state index in [0.717, 1.165) is 50.7 Å². The molecule has 5 nitrogen and oxygen atoms in total. The van der Waals surface area contributed by atoms with Crippen LogP contribution in [-0.4, -0.2) is 24.4 Å². The van der Waals surface area contributed by atoms with Gasteiger partial charge in [0.05, 0.1) is 19.9 Å². The van der Waals surface area contributed by atoms with Crippen molar-refractivity contribution in [1.29, 1.82) is 0 Å². The Morgan fingerprint density at radius 1 is 1.08 bits per heavy atom. The first kappa shape index (κ1) is 15.1. The molecule has 4 rings (SSSR count). The van der Waals surface area contributed by atoms with Crippen LogP contribution in [-0.2, 0) is 6.42 Å². The molecule has 1 aromatic heterocycles. The summed E-state index contributed by atoms with van der Waals surface area (Å²) in [5.41, 5.74) is 5.50. The van der Waals surface area contributed by atoms with Crippen LogP contribution < -0.4 is 14.8 Å². The van der Waals surface area contributed by atoms with Crippen molar-refractivity contribution in [3.8, 4) is 22.8 Å². The first-order valence-electron chi connectivity index (χ1n) is 7.54. The standard InChI is InChI=1S/C18H16BrN3O2/c1-23-15-8-10-7-14-17(13(10)9-16(15)24-2)21-22-18(14)20-12-5-3-11(19)4-6-12/h3-6,8-9H,7H2,1-2H3,(H2,20,21,22). The fraction of sp³-hybridized carbons (Fsp3) is 0.167. The minimum atomic E-state index is 0.723. The number of ether oxygens (including phenoxy) is 2. The Morgan fingerprint density at radius 2 is 1.79 bits per heavy atom. The van der Waals surface area contributed by atoms with E-state index in [0.29, 0.717) is 0 Å². The molecule has 1 heterocycles. The Labute approximate surface area is 148 Å². The van der Waals surface area contributed by atoms with E-state index in [1.165, 1.54) is 5.56 Å². The topological polar surface area (TPSA) is 59.2 Å². The number of rotatable bonds is 4. The maximum absolute atomic E-state index is 5.41. The molecule has 0 amide bonds. The van der Waals surface area contributed by atoms with Crippen LogP contribution in [0.25, 0.3) is 11.3 Å². The van der Waals surface area contributed by atoms with Gasteiger partial charge >= 0.3 is 0 Å². The summed E-state index contributed by atoms with van der Waals surface area (Å²) in [5, 5.41) is 11.0. The summed E-state index contributed by atoms with van der Waals surface area (Å²) in [5.74, 6) is 2.32. The van der Waals surface area contributed by atoms with Crippen LogP contribution in [0.5, 0.6) is 11.5 Å². The van der Waals surface area contributed by atoms with E-state index in [2.05, 4.69) is 31.4 Å². The van der Waals surface area contributed by atoms with Gasteiger partial charge in [-0.15, -0.1) is 0 Å². The number of H-pyrrole nitrogens is 1. The van der Waals surface area contributed by atoms with Crippen LogP contribution >= 0.6 is 15.9 Å². The maximum Gasteiger partial charge on any atom is 0.161 e. The Kier molecular flexibility index (Phi) is 3.69. The number of nitrogens with zero attached hydrogens (tertiary/aromatic N) is 1. The van der Waals surface area contributed by atoms with Gasteiger partial charge in [-0.2, -0.15) is 5.10 Å². The Balaban J connectivity index is 1.70. The zero-order chi connectivity index (χ0) is 16.7. The van der Waals surface area contributed by atoms with Gasteiger partial charge in [-0.1, -0.05) is 15.9 Å². The molecule has 1 aliphatic carbocycles. The second-order valence-electron chi connectivity index (χ2n) is 5.60. The van der Waals surface area contributed by atoms with Crippen LogP contribution in [0.2, 0.25) is 0 Å². The smallest absolute Gasteiger partial charge is 0.161 e. The third-order valence-corrected chi connectivity index (χ3v) is 4.75. The second kappa shape index (κ2) is 5.87. The number of methoxy groups -OCH3 is 2. The van der Waals surface area contributed by atoms with E-state index in [1.54, 1.807) is 14.2 Å². The van der Waals surface area contributed by atoms with Crippen LogP contribution in [0.1, 0.15) is 11.1 Å². The van der Waals surface area contributed by atoms with Gasteiger partial charge in [0.15, 0.2) is 17.3 Å². The molecule has 2 N–H and O–H groups in total. The molecule has 0 atom stereocenters. The maximum atomic E-state index is 5.41. The predicted molar refractivity (Wildman–Crippen MR) is 97.4 cm³/mol. The number of anilines is 2. The van der Waals surface area contributed by atoms with E-state index in [4.69, 9.17) is 9.47 Å². The van der Waals surface area contributed by atoms with E-state index >= 15 is 0 Å². The summed E-state index contributed by atoms with van der Waals surface area (Å²) in [4.78, 5) is 0. The predicted octanol–water partition coefficient (Wildman–Crippen LogP) is 4.50. The highest BCUT2D eigenvalue weighted by Gasteiger charge is 2.26. The third-order valence-electron chi connectivity index (χ3n) is 4.22. The Hall–Kier alpha value is -2.47. The first-order chi connectivity index (χ1) is 11.7. The monoisotopic (exact) mass is 385 g/mol. The molecule has 0 bridgehead atoms. The molecule has 1 aliphatic rings. The minimum absolute atomic E-state index is 0.723. The molecular formula is C18H16BrN3O2. The second-order valence-corrected chi connectivity index (χ2v) is 6.51. The molecule has 0 spiro atoms. The van der Waals surface area contributed by atoms with Crippen molar-refractivity contribution in [2.45, 2.75) is 6.42 Å². The van der Waals surface area contributed by atoms with Crippen molar-refractivity contribution in [2.75, 3.05) is 19.5 Å². The molecular weight excluding hydrogens is 370 g/mol. The van der Waals surface area contributed by atoms with Crippen LogP contribution in [0.15, 0.2) is 40.9 Å². The summed E-state index contributed by atoms with van der Waals surface area (Å²) in [6, 6.07) is 12.1. The number of halogens is 1. The number of aromatic nitrogens is 2. The molecule has 0 aliphatic heterocycles. The lowest BCUT2D eigenvalue weighted by Gasteiger charge is -2.10. The number of hydrogen-bond donors (Lipinski definition) is 2. The molecule has 24 heavy (non-hydrogen) atoms. The van der Waals surface area contributed by atoms with Crippen molar-refractivity contribution < 1.29 is 9.47 Å². The fourth-order valence-electron chi connectivity index (χ4n) is 3.02. The zero-order valence-corrected chi connectivity index (χ0v) is 14.9. The van der Waals surface area contributed by atoms with Gasteiger partial charge in [0.1, 0.15) is 0 Å². The average molecular weight is 386 g/mol. The number of benzene rings is 2. The van der Waals surface area contributed by atoms with Gasteiger partial charge < -0.3 is 14.8 Å². The van der Waals surface area contributed by atoms with E-state index < -0.39 is 0 Å². The Bertz CT molecular complexity index is 903. The van der Waals surface area contributed by atoms with Gasteiger partial charge in [0.2, 0.25) is 0 Å². The molecule has 122 valence electrons. The summed E-state index contributed by atoms with van der Waals surface area (Å²) < 4.78 is 11.9. The van der Waals surface area contributed by atoms with Crippen molar-refractivity contribution >= 4 is 27.4 Å². The average Bonchev–Trinajstić information content (AvgIpc) is 3.15. The van der Waals surface area contributed by atoms with Gasteiger partial charge in [0.25, 0.3) is 0 Å². The number of aromatic amines is 1. The molecule has 6 heteroatoms.